The van der Waals surface area contributed by atoms with E-state index in [2.05, 4.69) is 25.7 Å². The predicted octanol–water partition coefficient (Wildman–Crippen LogP) is 2.61. The number of aromatic nitrogens is 4. The molecule has 0 bridgehead atoms. The number of halogens is 3. The molecule has 136 valence electrons. The van der Waals surface area contributed by atoms with Crippen molar-refractivity contribution in [2.75, 3.05) is 17.7 Å². The summed E-state index contributed by atoms with van der Waals surface area (Å²) in [5.41, 5.74) is -1.42. The zero-order valence-corrected chi connectivity index (χ0v) is 13.9. The van der Waals surface area contributed by atoms with Gasteiger partial charge in [0.2, 0.25) is 5.95 Å². The molecule has 11 heteroatoms. The summed E-state index contributed by atoms with van der Waals surface area (Å²) >= 11 is 0. The summed E-state index contributed by atoms with van der Waals surface area (Å²) < 4.78 is 39.9. The number of nitrogens with one attached hydrogen (secondary N) is 2. The molecule has 0 aromatic carbocycles. The monoisotopic (exact) mass is 358 g/mol. The third-order valence-electron chi connectivity index (χ3n) is 3.64. The second kappa shape index (κ2) is 6.22. The summed E-state index contributed by atoms with van der Waals surface area (Å²) in [4.78, 5) is 18.8. The van der Waals surface area contributed by atoms with Crippen LogP contribution in [-0.2, 0) is 16.5 Å². The Bertz CT molecular complexity index is 800. The number of carboxylic acid groups (broad SMARTS) is 1. The van der Waals surface area contributed by atoms with Crippen LogP contribution in [0, 0.1) is 6.92 Å². The van der Waals surface area contributed by atoms with Gasteiger partial charge in [0.05, 0.1) is 17.6 Å². The number of anilines is 3. The van der Waals surface area contributed by atoms with Gasteiger partial charge in [0, 0.05) is 13.2 Å². The number of aliphatic carboxylic acids is 1. The summed E-state index contributed by atoms with van der Waals surface area (Å²) in [5.74, 6) is -1.53. The molecule has 2 heterocycles. The summed E-state index contributed by atoms with van der Waals surface area (Å²) in [6.07, 6.45) is -2.55. The average molecular weight is 358 g/mol. The zero-order chi connectivity index (χ0) is 19.0. The van der Waals surface area contributed by atoms with Crippen molar-refractivity contribution in [3.05, 3.63) is 23.7 Å². The van der Waals surface area contributed by atoms with Gasteiger partial charge in [-0.25, -0.2) is 9.78 Å². The molecule has 0 aliphatic carbocycles. The van der Waals surface area contributed by atoms with Crippen molar-refractivity contribution in [1.82, 2.24) is 19.7 Å². The molecule has 0 spiro atoms. The third-order valence-corrected chi connectivity index (χ3v) is 3.64. The largest absolute Gasteiger partial charge is 0.479 e. The van der Waals surface area contributed by atoms with Gasteiger partial charge in [-0.1, -0.05) is 0 Å². The number of carboxylic acids is 1. The van der Waals surface area contributed by atoms with Crippen molar-refractivity contribution < 1.29 is 23.1 Å². The molecule has 0 aliphatic heterocycles. The van der Waals surface area contributed by atoms with Crippen LogP contribution in [0.2, 0.25) is 0 Å². The highest BCUT2D eigenvalue weighted by Gasteiger charge is 2.35. The Morgan fingerprint density at radius 1 is 1.28 bits per heavy atom. The fourth-order valence-corrected chi connectivity index (χ4v) is 2.15. The molecule has 0 saturated heterocycles. The minimum absolute atomic E-state index is 0.0758. The van der Waals surface area contributed by atoms with Crippen molar-refractivity contribution in [1.29, 1.82) is 0 Å². The van der Waals surface area contributed by atoms with Crippen LogP contribution < -0.4 is 10.6 Å². The quantitative estimate of drug-likeness (QED) is 0.754. The van der Waals surface area contributed by atoms with Crippen molar-refractivity contribution in [3.8, 4) is 0 Å². The Morgan fingerprint density at radius 3 is 2.44 bits per heavy atom. The molecular formula is C14H17F3N6O2. The van der Waals surface area contributed by atoms with Gasteiger partial charge in [-0.05, 0) is 20.8 Å². The number of hydrogen-bond acceptors (Lipinski definition) is 6. The van der Waals surface area contributed by atoms with Crippen molar-refractivity contribution >= 4 is 23.4 Å². The summed E-state index contributed by atoms with van der Waals surface area (Å²) in [7, 11) is 1.32. The van der Waals surface area contributed by atoms with Gasteiger partial charge in [-0.15, -0.1) is 0 Å². The molecule has 0 fully saturated rings. The van der Waals surface area contributed by atoms with Crippen LogP contribution >= 0.6 is 0 Å². The molecule has 25 heavy (non-hydrogen) atoms. The van der Waals surface area contributed by atoms with E-state index in [-0.39, 0.29) is 11.8 Å². The Morgan fingerprint density at radius 2 is 1.92 bits per heavy atom. The Hall–Kier alpha value is -2.85. The first kappa shape index (κ1) is 18.5. The van der Waals surface area contributed by atoms with Gasteiger partial charge < -0.3 is 15.7 Å². The predicted molar refractivity (Wildman–Crippen MR) is 83.8 cm³/mol. The molecule has 2 aromatic heterocycles. The second-order valence-corrected chi connectivity index (χ2v) is 5.75. The van der Waals surface area contributed by atoms with Gasteiger partial charge in [0.1, 0.15) is 11.4 Å². The topological polar surface area (TPSA) is 105 Å². The van der Waals surface area contributed by atoms with Crippen LogP contribution in [0.1, 0.15) is 25.1 Å². The minimum Gasteiger partial charge on any atom is -0.479 e. The molecule has 2 rings (SSSR count). The summed E-state index contributed by atoms with van der Waals surface area (Å²) in [5, 5.41) is 18.4. The number of rotatable bonds is 5. The van der Waals surface area contributed by atoms with Gasteiger partial charge in [-0.3, -0.25) is 4.68 Å². The molecular weight excluding hydrogens is 341 g/mol. The Kier molecular flexibility index (Phi) is 4.60. The van der Waals surface area contributed by atoms with Crippen molar-refractivity contribution in [3.63, 3.8) is 0 Å². The fraction of sp³-hybridized carbons (Fsp3) is 0.429. The Balaban J connectivity index is 2.36. The molecule has 0 unspecified atom stereocenters. The minimum atomic E-state index is -4.58. The van der Waals surface area contributed by atoms with Crippen molar-refractivity contribution in [2.45, 2.75) is 32.5 Å². The van der Waals surface area contributed by atoms with E-state index in [9.17, 15) is 23.1 Å². The molecule has 2 aromatic rings. The number of hydrogen-bond donors (Lipinski definition) is 3. The highest BCUT2D eigenvalue weighted by atomic mass is 19.4. The van der Waals surface area contributed by atoms with Crippen LogP contribution in [0.25, 0.3) is 0 Å². The maximum Gasteiger partial charge on any atom is 0.421 e. The highest BCUT2D eigenvalue weighted by Crippen LogP contribution is 2.34. The third kappa shape index (κ3) is 3.49. The summed E-state index contributed by atoms with van der Waals surface area (Å²) in [6.45, 7) is 4.59. The van der Waals surface area contributed by atoms with Crippen LogP contribution in [0.3, 0.4) is 0 Å². The van der Waals surface area contributed by atoms with E-state index >= 15 is 0 Å². The lowest BCUT2D eigenvalue weighted by atomic mass is 10.1. The first-order valence-corrected chi connectivity index (χ1v) is 7.16. The van der Waals surface area contributed by atoms with Crippen LogP contribution in [-0.4, -0.2) is 37.9 Å². The molecule has 3 N–H and O–H groups in total. The molecule has 0 radical (unpaired) electrons. The van der Waals surface area contributed by atoms with E-state index in [0.29, 0.717) is 17.6 Å². The standard InChI is InChI=1S/C14H17F3N6O2/c1-7-9(6-20-23(7)13(2,3)11(24)25)21-12-19-5-8(14(15,16)17)10(18-4)22-12/h5-6H,1-4H3,(H,24,25)(H2,18,19,21,22). The van der Waals surface area contributed by atoms with E-state index < -0.39 is 23.2 Å². The first-order chi connectivity index (χ1) is 11.5. The first-order valence-electron chi connectivity index (χ1n) is 7.16. The lowest BCUT2D eigenvalue weighted by Crippen LogP contribution is -2.37. The zero-order valence-electron chi connectivity index (χ0n) is 13.9. The van der Waals surface area contributed by atoms with Crippen LogP contribution in [0.15, 0.2) is 12.4 Å². The fourth-order valence-electron chi connectivity index (χ4n) is 2.15. The molecule has 0 aliphatic rings. The number of nitrogens with zero attached hydrogens (tertiary/aromatic N) is 4. The Labute approximate surface area is 141 Å². The van der Waals surface area contributed by atoms with Crippen LogP contribution in [0.4, 0.5) is 30.6 Å². The summed E-state index contributed by atoms with van der Waals surface area (Å²) in [6, 6.07) is 0. The second-order valence-electron chi connectivity index (χ2n) is 5.75. The van der Waals surface area contributed by atoms with Gasteiger partial charge in [-0.2, -0.15) is 23.3 Å². The van der Waals surface area contributed by atoms with Gasteiger partial charge in [0.15, 0.2) is 5.54 Å². The van der Waals surface area contributed by atoms with E-state index in [0.717, 1.165) is 0 Å². The van der Waals surface area contributed by atoms with Crippen molar-refractivity contribution in [2.24, 2.45) is 0 Å². The normalized spacial score (nSPS) is 12.1. The maximum atomic E-state index is 12.9. The van der Waals surface area contributed by atoms with E-state index in [4.69, 9.17) is 0 Å². The number of carbonyl (C=O) groups is 1. The van der Waals surface area contributed by atoms with Gasteiger partial charge >= 0.3 is 12.1 Å². The average Bonchev–Trinajstić information content (AvgIpc) is 2.87. The van der Waals surface area contributed by atoms with Gasteiger partial charge in [0.25, 0.3) is 0 Å². The smallest absolute Gasteiger partial charge is 0.421 e. The molecule has 8 nitrogen and oxygen atoms in total. The lowest BCUT2D eigenvalue weighted by Gasteiger charge is -2.21. The molecule has 0 amide bonds. The highest BCUT2D eigenvalue weighted by molar-refractivity contribution is 5.76. The maximum absolute atomic E-state index is 12.9. The van der Waals surface area contributed by atoms with E-state index in [1.807, 2.05) is 0 Å². The lowest BCUT2D eigenvalue weighted by molar-refractivity contribution is -0.146. The molecule has 0 saturated carbocycles. The van der Waals surface area contributed by atoms with E-state index in [1.165, 1.54) is 31.8 Å². The number of alkyl halides is 3. The van der Waals surface area contributed by atoms with E-state index in [1.54, 1.807) is 6.92 Å². The molecule has 0 atom stereocenters. The van der Waals surface area contributed by atoms with Crippen LogP contribution in [0.5, 0.6) is 0 Å². The SMILES string of the molecule is CNc1nc(Nc2cnn(C(C)(C)C(=O)O)c2C)ncc1C(F)(F)F.